The minimum absolute atomic E-state index is 0.260. The van der Waals surface area contributed by atoms with E-state index in [2.05, 4.69) is 9.22 Å². The van der Waals surface area contributed by atoms with Crippen LogP contribution in [0.1, 0.15) is 0 Å². The number of anilines is 2. The van der Waals surface area contributed by atoms with E-state index < -0.39 is 6.36 Å². The molecule has 0 radical (unpaired) electrons. The first-order valence-electron chi connectivity index (χ1n) is 3.62. The Hall–Kier alpha value is -1.12. The molecule has 0 saturated heterocycles. The maximum absolute atomic E-state index is 11.5. The molecule has 0 spiro atoms. The molecule has 0 bridgehead atoms. The van der Waals surface area contributed by atoms with Crippen LogP contribution < -0.4 is 11.5 Å². The predicted molar refractivity (Wildman–Crippen MR) is 49.3 cm³/mol. The van der Waals surface area contributed by atoms with Crippen LogP contribution in [0.3, 0.4) is 0 Å². The maximum Gasteiger partial charge on any atom is 0.550 e. The van der Waals surface area contributed by atoms with Gasteiger partial charge in [-0.05, 0) is 18.2 Å². The average Bonchev–Trinajstić information content (AvgIpc) is 2.09. The molecule has 1 aromatic carbocycles. The number of nitrogen functional groups attached to an aromatic ring is 2. The summed E-state index contributed by atoms with van der Waals surface area (Å²) in [5.41, 5.74) is 11.4. The summed E-state index contributed by atoms with van der Waals surface area (Å²) in [5.74, 6) is 0. The Morgan fingerprint density at radius 2 is 1.80 bits per heavy atom. The highest BCUT2D eigenvalue weighted by atomic mass is 32.2. The van der Waals surface area contributed by atoms with Crippen LogP contribution in [0.5, 0.6) is 0 Å². The van der Waals surface area contributed by atoms with Gasteiger partial charge in [-0.1, -0.05) is 0 Å². The first kappa shape index (κ1) is 12.0. The fourth-order valence-corrected chi connectivity index (χ4v) is 1.19. The summed E-state index contributed by atoms with van der Waals surface area (Å²) in [4.78, 5) is 3.45. The second kappa shape index (κ2) is 4.60. The molecule has 4 nitrogen and oxygen atoms in total. The van der Waals surface area contributed by atoms with Crippen LogP contribution in [0.15, 0.2) is 23.1 Å². The van der Waals surface area contributed by atoms with Gasteiger partial charge < -0.3 is 11.5 Å². The molecule has 1 rings (SSSR count). The monoisotopic (exact) mass is 240 g/mol. The molecule has 0 atom stereocenters. The molecule has 0 aliphatic heterocycles. The van der Waals surface area contributed by atoms with E-state index >= 15 is 0 Å². The molecule has 0 aliphatic carbocycles. The molecule has 8 heteroatoms. The lowest BCUT2D eigenvalue weighted by Crippen LogP contribution is -2.11. The molecule has 84 valence electrons. The summed E-state index contributed by atoms with van der Waals surface area (Å²) in [5, 5.41) is 0. The van der Waals surface area contributed by atoms with E-state index in [-0.39, 0.29) is 5.69 Å². The van der Waals surface area contributed by atoms with Gasteiger partial charge in [0.25, 0.3) is 0 Å². The van der Waals surface area contributed by atoms with Crippen LogP contribution in [0.4, 0.5) is 24.5 Å². The van der Waals surface area contributed by atoms with Crippen LogP contribution in [-0.2, 0) is 9.22 Å². The third kappa shape index (κ3) is 4.28. The van der Waals surface area contributed by atoms with Gasteiger partial charge in [-0.3, -0.25) is 0 Å². The largest absolute Gasteiger partial charge is 0.550 e. The van der Waals surface area contributed by atoms with E-state index in [1.807, 2.05) is 0 Å². The highest BCUT2D eigenvalue weighted by Crippen LogP contribution is 2.28. The minimum Gasteiger partial charge on any atom is -0.397 e. The van der Waals surface area contributed by atoms with E-state index in [1.165, 1.54) is 18.2 Å². The quantitative estimate of drug-likeness (QED) is 0.367. The first-order chi connectivity index (χ1) is 6.88. The van der Waals surface area contributed by atoms with Crippen LogP contribution in [0, 0.1) is 0 Å². The molecule has 0 amide bonds. The number of halogens is 3. The third-order valence-corrected chi connectivity index (χ3v) is 1.90. The van der Waals surface area contributed by atoms with Crippen molar-refractivity contribution in [3.8, 4) is 0 Å². The predicted octanol–water partition coefficient (Wildman–Crippen LogP) is 2.33. The normalized spacial score (nSPS) is 11.7. The van der Waals surface area contributed by atoms with Crippen LogP contribution >= 0.6 is 12.0 Å². The van der Waals surface area contributed by atoms with E-state index in [1.54, 1.807) is 0 Å². The summed E-state index contributed by atoms with van der Waals surface area (Å²) in [6.45, 7) is 0. The second-order valence-corrected chi connectivity index (χ2v) is 3.25. The van der Waals surface area contributed by atoms with Gasteiger partial charge in [0, 0.05) is 4.90 Å². The number of benzene rings is 1. The lowest BCUT2D eigenvalue weighted by Gasteiger charge is -2.05. The Morgan fingerprint density at radius 3 is 2.33 bits per heavy atom. The average molecular weight is 240 g/mol. The Morgan fingerprint density at radius 1 is 1.13 bits per heavy atom. The Labute approximate surface area is 87.5 Å². The smallest absolute Gasteiger partial charge is 0.397 e. The Balaban J connectivity index is 2.48. The van der Waals surface area contributed by atoms with E-state index in [0.717, 1.165) is 0 Å². The number of hydrogen-bond donors (Lipinski definition) is 2. The van der Waals surface area contributed by atoms with Crippen molar-refractivity contribution < 1.29 is 22.4 Å². The van der Waals surface area contributed by atoms with Crippen LogP contribution in [-0.4, -0.2) is 6.36 Å². The van der Waals surface area contributed by atoms with Crippen molar-refractivity contribution in [3.63, 3.8) is 0 Å². The van der Waals surface area contributed by atoms with Crippen molar-refractivity contribution in [2.45, 2.75) is 11.3 Å². The van der Waals surface area contributed by atoms with Crippen molar-refractivity contribution in [1.29, 1.82) is 0 Å². The SMILES string of the molecule is Nc1ccc(SOOC(F)(F)F)cc1N. The van der Waals surface area contributed by atoms with Gasteiger partial charge in [0.1, 0.15) is 0 Å². The van der Waals surface area contributed by atoms with Crippen LogP contribution in [0.2, 0.25) is 0 Å². The lowest BCUT2D eigenvalue weighted by molar-refractivity contribution is -0.440. The number of alkyl halides is 3. The van der Waals surface area contributed by atoms with Gasteiger partial charge in [0.15, 0.2) is 0 Å². The minimum atomic E-state index is -4.83. The maximum atomic E-state index is 11.5. The summed E-state index contributed by atoms with van der Waals surface area (Å²) >= 11 is 0.392. The van der Waals surface area contributed by atoms with E-state index in [4.69, 9.17) is 11.5 Å². The second-order valence-electron chi connectivity index (χ2n) is 2.47. The van der Waals surface area contributed by atoms with Crippen molar-refractivity contribution >= 4 is 23.4 Å². The van der Waals surface area contributed by atoms with Crippen molar-refractivity contribution in [3.05, 3.63) is 18.2 Å². The molecule has 0 aliphatic rings. The van der Waals surface area contributed by atoms with Gasteiger partial charge in [-0.2, -0.15) is 4.33 Å². The fraction of sp³-hybridized carbons (Fsp3) is 0.143. The van der Waals surface area contributed by atoms with Crippen LogP contribution in [0.25, 0.3) is 0 Å². The molecule has 1 aromatic rings. The topological polar surface area (TPSA) is 70.5 Å². The number of rotatable bonds is 3. The van der Waals surface area contributed by atoms with Gasteiger partial charge in [0.2, 0.25) is 0 Å². The standard InChI is InChI=1S/C7H7F3N2O2S/c8-7(9,10)13-14-15-4-1-2-5(11)6(12)3-4/h1-3H,11-12H2. The molecule has 0 fully saturated rings. The first-order valence-corrected chi connectivity index (χ1v) is 4.37. The molecule has 0 heterocycles. The van der Waals surface area contributed by atoms with Gasteiger partial charge in [0.05, 0.1) is 23.4 Å². The summed E-state index contributed by atoms with van der Waals surface area (Å²) in [6.07, 6.45) is -4.83. The zero-order valence-electron chi connectivity index (χ0n) is 7.25. The number of hydrogen-bond acceptors (Lipinski definition) is 5. The lowest BCUT2D eigenvalue weighted by atomic mass is 10.3. The van der Waals surface area contributed by atoms with Crippen molar-refractivity contribution in [1.82, 2.24) is 0 Å². The fourth-order valence-electron chi connectivity index (χ4n) is 0.700. The van der Waals surface area contributed by atoms with Gasteiger partial charge in [-0.15, -0.1) is 18.1 Å². The summed E-state index contributed by atoms with van der Waals surface area (Å²) < 4.78 is 38.4. The molecule has 15 heavy (non-hydrogen) atoms. The summed E-state index contributed by atoms with van der Waals surface area (Å²) in [7, 11) is 0. The highest BCUT2D eigenvalue weighted by Gasteiger charge is 2.31. The van der Waals surface area contributed by atoms with Gasteiger partial charge >= 0.3 is 6.36 Å². The molecule has 0 unspecified atom stereocenters. The molecular formula is C7H7F3N2O2S. The van der Waals surface area contributed by atoms with Crippen molar-refractivity contribution in [2.75, 3.05) is 11.5 Å². The van der Waals surface area contributed by atoms with E-state index in [9.17, 15) is 13.2 Å². The summed E-state index contributed by atoms with van der Waals surface area (Å²) in [6, 6.07) is 4.28. The van der Waals surface area contributed by atoms with Gasteiger partial charge in [-0.25, -0.2) is 0 Å². The molecular weight excluding hydrogens is 233 g/mol. The Kier molecular flexibility index (Phi) is 3.66. The zero-order valence-corrected chi connectivity index (χ0v) is 8.06. The van der Waals surface area contributed by atoms with E-state index in [0.29, 0.717) is 22.6 Å². The number of nitrogens with two attached hydrogens (primary N) is 2. The highest BCUT2D eigenvalue weighted by molar-refractivity contribution is 7.94. The molecule has 4 N–H and O–H groups in total. The van der Waals surface area contributed by atoms with Crippen molar-refractivity contribution in [2.24, 2.45) is 0 Å². The zero-order chi connectivity index (χ0) is 11.5. The molecule has 0 aromatic heterocycles. The molecule has 0 saturated carbocycles. The third-order valence-electron chi connectivity index (χ3n) is 1.32. The Bertz CT molecular complexity index is 345.